The van der Waals surface area contributed by atoms with Gasteiger partial charge in [0.2, 0.25) is 11.8 Å². The third kappa shape index (κ3) is 7.88. The number of carbonyl (C=O) groups excluding carboxylic acids is 2. The molecule has 2 amide bonds. The average Bonchev–Trinajstić information content (AvgIpc) is 2.92. The number of nitrogens with zero attached hydrogens (tertiary/aromatic N) is 2. The fourth-order valence-electron chi connectivity index (χ4n) is 3.74. The number of halogens is 3. The molecule has 0 unspecified atom stereocenters. The number of hydrogen-bond acceptors (Lipinski definition) is 4. The maximum absolute atomic E-state index is 13.9. The van der Waals surface area contributed by atoms with Crippen molar-refractivity contribution in [3.05, 3.63) is 93.4 Å². The van der Waals surface area contributed by atoms with Crippen LogP contribution in [0.4, 0.5) is 5.69 Å². The van der Waals surface area contributed by atoms with Crippen LogP contribution in [0.1, 0.15) is 32.8 Å². The lowest BCUT2D eigenvalue weighted by atomic mass is 10.1. The van der Waals surface area contributed by atoms with Gasteiger partial charge in [-0.15, -0.1) is 0 Å². The quantitative estimate of drug-likeness (QED) is 0.281. The monoisotopic (exact) mass is 609 g/mol. The van der Waals surface area contributed by atoms with Crippen molar-refractivity contribution in [3.8, 4) is 0 Å². The molecule has 0 saturated heterocycles. The van der Waals surface area contributed by atoms with Crippen LogP contribution >= 0.6 is 34.8 Å². The standard InChI is InChI=1S/C28H30Cl3N3O4S/c1-4-19(2)32-28(36)20(3)33(17-21-10-15-25(30)26(31)16-21)27(35)18-34(23-13-11-22(29)12-14-23)39(37,38)24-8-6-5-7-9-24/h5-16,19-20H,4,17-18H2,1-3H3,(H,32,36)/t19-,20-/m1/s1. The van der Waals surface area contributed by atoms with E-state index >= 15 is 0 Å². The smallest absolute Gasteiger partial charge is 0.264 e. The molecule has 0 aliphatic heterocycles. The normalized spacial score (nSPS) is 12.9. The summed E-state index contributed by atoms with van der Waals surface area (Å²) in [6, 6.07) is 17.9. The van der Waals surface area contributed by atoms with Crippen molar-refractivity contribution in [2.75, 3.05) is 10.8 Å². The summed E-state index contributed by atoms with van der Waals surface area (Å²) < 4.78 is 28.4. The zero-order valence-electron chi connectivity index (χ0n) is 21.8. The van der Waals surface area contributed by atoms with Crippen LogP contribution in [0.25, 0.3) is 0 Å². The van der Waals surface area contributed by atoms with Crippen molar-refractivity contribution < 1.29 is 18.0 Å². The van der Waals surface area contributed by atoms with Crippen LogP contribution in [0.3, 0.4) is 0 Å². The first-order valence-electron chi connectivity index (χ1n) is 12.3. The van der Waals surface area contributed by atoms with Gasteiger partial charge in [0.25, 0.3) is 10.0 Å². The molecule has 0 fully saturated rings. The van der Waals surface area contributed by atoms with E-state index < -0.39 is 28.5 Å². The second-order valence-corrected chi connectivity index (χ2v) is 12.2. The second-order valence-electron chi connectivity index (χ2n) is 9.07. The summed E-state index contributed by atoms with van der Waals surface area (Å²) in [5, 5.41) is 3.96. The highest BCUT2D eigenvalue weighted by Crippen LogP contribution is 2.27. The molecule has 11 heteroatoms. The fraction of sp³-hybridized carbons (Fsp3) is 0.286. The number of hydrogen-bond donors (Lipinski definition) is 1. The molecule has 3 aromatic carbocycles. The van der Waals surface area contributed by atoms with Gasteiger partial charge < -0.3 is 10.2 Å². The number of nitrogens with one attached hydrogen (secondary N) is 1. The molecule has 7 nitrogen and oxygen atoms in total. The van der Waals surface area contributed by atoms with Crippen molar-refractivity contribution in [2.45, 2.75) is 50.7 Å². The Morgan fingerprint density at radius 2 is 1.54 bits per heavy atom. The molecule has 0 aliphatic rings. The first kappa shape index (κ1) is 30.8. The summed E-state index contributed by atoms with van der Waals surface area (Å²) >= 11 is 18.3. The van der Waals surface area contributed by atoms with E-state index in [0.717, 1.165) is 4.31 Å². The summed E-state index contributed by atoms with van der Waals surface area (Å²) in [5.41, 5.74) is 0.882. The van der Waals surface area contributed by atoms with Crippen molar-refractivity contribution in [1.29, 1.82) is 0 Å². The van der Waals surface area contributed by atoms with E-state index in [9.17, 15) is 18.0 Å². The van der Waals surface area contributed by atoms with Crippen LogP contribution in [0, 0.1) is 0 Å². The van der Waals surface area contributed by atoms with Crippen LogP contribution in [0.2, 0.25) is 15.1 Å². The van der Waals surface area contributed by atoms with E-state index in [4.69, 9.17) is 34.8 Å². The predicted molar refractivity (Wildman–Crippen MR) is 157 cm³/mol. The molecule has 0 saturated carbocycles. The minimum absolute atomic E-state index is 0.00462. The highest BCUT2D eigenvalue weighted by molar-refractivity contribution is 7.92. The molecule has 208 valence electrons. The van der Waals surface area contributed by atoms with Gasteiger partial charge in [-0.25, -0.2) is 8.42 Å². The third-order valence-corrected chi connectivity index (χ3v) is 9.01. The zero-order valence-corrected chi connectivity index (χ0v) is 24.9. The molecule has 0 aromatic heterocycles. The Labute approximate surface area is 244 Å². The largest absolute Gasteiger partial charge is 0.352 e. The second kappa shape index (κ2) is 13.5. The summed E-state index contributed by atoms with van der Waals surface area (Å²) in [6.07, 6.45) is 0.707. The van der Waals surface area contributed by atoms with Gasteiger partial charge in [0.05, 0.1) is 20.6 Å². The molecule has 1 N–H and O–H groups in total. The highest BCUT2D eigenvalue weighted by atomic mass is 35.5. The SMILES string of the molecule is CC[C@@H](C)NC(=O)[C@@H](C)N(Cc1ccc(Cl)c(Cl)c1)C(=O)CN(c1ccc(Cl)cc1)S(=O)(=O)c1ccccc1. The number of benzene rings is 3. The van der Waals surface area contributed by atoms with Gasteiger partial charge in [0.1, 0.15) is 12.6 Å². The first-order valence-corrected chi connectivity index (χ1v) is 14.9. The lowest BCUT2D eigenvalue weighted by molar-refractivity contribution is -0.139. The molecule has 0 radical (unpaired) electrons. The Kier molecular flexibility index (Phi) is 10.7. The first-order chi connectivity index (χ1) is 18.4. The van der Waals surface area contributed by atoms with Crippen LogP contribution in [0.15, 0.2) is 77.7 Å². The Morgan fingerprint density at radius 1 is 0.897 bits per heavy atom. The van der Waals surface area contributed by atoms with Gasteiger partial charge in [-0.1, -0.05) is 66.0 Å². The zero-order chi connectivity index (χ0) is 28.7. The van der Waals surface area contributed by atoms with Crippen molar-refractivity contribution in [1.82, 2.24) is 10.2 Å². The molecule has 0 bridgehead atoms. The number of amides is 2. The average molecular weight is 611 g/mol. The summed E-state index contributed by atoms with van der Waals surface area (Å²) in [6.45, 7) is 4.86. The molecule has 0 aliphatic carbocycles. The topological polar surface area (TPSA) is 86.8 Å². The lowest BCUT2D eigenvalue weighted by Gasteiger charge is -2.32. The Balaban J connectivity index is 2.02. The number of rotatable bonds is 11. The van der Waals surface area contributed by atoms with E-state index in [0.29, 0.717) is 27.1 Å². The van der Waals surface area contributed by atoms with E-state index in [2.05, 4.69) is 5.32 Å². The molecular formula is C28H30Cl3N3O4S. The Morgan fingerprint density at radius 3 is 2.13 bits per heavy atom. The Bertz CT molecular complexity index is 1400. The van der Waals surface area contributed by atoms with Gasteiger partial charge in [-0.2, -0.15) is 0 Å². The van der Waals surface area contributed by atoms with Gasteiger partial charge in [-0.3, -0.25) is 13.9 Å². The minimum Gasteiger partial charge on any atom is -0.352 e. The number of sulfonamides is 1. The van der Waals surface area contributed by atoms with Crippen LogP contribution in [-0.2, 0) is 26.2 Å². The van der Waals surface area contributed by atoms with Crippen molar-refractivity contribution in [2.24, 2.45) is 0 Å². The maximum atomic E-state index is 13.9. The van der Waals surface area contributed by atoms with Crippen LogP contribution in [-0.4, -0.2) is 43.8 Å². The number of carbonyl (C=O) groups is 2. The summed E-state index contributed by atoms with van der Waals surface area (Å²) in [4.78, 5) is 28.3. The summed E-state index contributed by atoms with van der Waals surface area (Å²) in [7, 11) is -4.15. The van der Waals surface area contributed by atoms with E-state index in [1.807, 2.05) is 13.8 Å². The van der Waals surface area contributed by atoms with E-state index in [1.165, 1.54) is 29.2 Å². The molecular weight excluding hydrogens is 581 g/mol. The van der Waals surface area contributed by atoms with Crippen LogP contribution < -0.4 is 9.62 Å². The van der Waals surface area contributed by atoms with Crippen molar-refractivity contribution >= 4 is 62.3 Å². The molecule has 3 rings (SSSR count). The van der Waals surface area contributed by atoms with Crippen LogP contribution in [0.5, 0.6) is 0 Å². The van der Waals surface area contributed by atoms with E-state index in [-0.39, 0.29) is 29.1 Å². The third-order valence-electron chi connectivity index (χ3n) is 6.23. The number of anilines is 1. The fourth-order valence-corrected chi connectivity index (χ4v) is 5.62. The molecule has 2 atom stereocenters. The molecule has 0 spiro atoms. The molecule has 39 heavy (non-hydrogen) atoms. The van der Waals surface area contributed by atoms with Gasteiger partial charge in [0.15, 0.2) is 0 Å². The maximum Gasteiger partial charge on any atom is 0.264 e. The molecule has 0 heterocycles. The Hall–Kier alpha value is -2.78. The summed E-state index contributed by atoms with van der Waals surface area (Å²) in [5.74, 6) is -0.941. The minimum atomic E-state index is -4.15. The van der Waals surface area contributed by atoms with Crippen molar-refractivity contribution in [3.63, 3.8) is 0 Å². The predicted octanol–water partition coefficient (Wildman–Crippen LogP) is 6.17. The van der Waals surface area contributed by atoms with Gasteiger partial charge >= 0.3 is 0 Å². The lowest BCUT2D eigenvalue weighted by Crippen LogP contribution is -2.52. The highest BCUT2D eigenvalue weighted by Gasteiger charge is 2.32. The molecule has 3 aromatic rings. The van der Waals surface area contributed by atoms with Gasteiger partial charge in [-0.05, 0) is 74.4 Å². The van der Waals surface area contributed by atoms with Gasteiger partial charge in [0, 0.05) is 17.6 Å². The van der Waals surface area contributed by atoms with E-state index in [1.54, 1.807) is 55.5 Å².